The molecule has 1 aromatic heterocycles. The zero-order chi connectivity index (χ0) is 9.54. The van der Waals surface area contributed by atoms with E-state index < -0.39 is 0 Å². The molecule has 0 atom stereocenters. The summed E-state index contributed by atoms with van der Waals surface area (Å²) in [5, 5.41) is 2.83. The van der Waals surface area contributed by atoms with Gasteiger partial charge in [0.15, 0.2) is 0 Å². The minimum atomic E-state index is 0.478. The van der Waals surface area contributed by atoms with E-state index in [1.807, 2.05) is 0 Å². The second kappa shape index (κ2) is 3.23. The SMILES string of the molecule is Brc1cccc2c1[se]c1ccccc12. The van der Waals surface area contributed by atoms with Crippen molar-refractivity contribution >= 4 is 49.7 Å². The Labute approximate surface area is 96.4 Å². The number of rotatable bonds is 0. The Morgan fingerprint density at radius 2 is 1.64 bits per heavy atom. The third-order valence-corrected chi connectivity index (χ3v) is 6.17. The Hall–Kier alpha value is -0.561. The second-order valence-electron chi connectivity index (χ2n) is 3.21. The van der Waals surface area contributed by atoms with E-state index in [4.69, 9.17) is 0 Å². The van der Waals surface area contributed by atoms with Gasteiger partial charge in [-0.15, -0.1) is 0 Å². The first-order chi connectivity index (χ1) is 6.86. The molecular formula is C12H7BrSe. The molecule has 0 fully saturated rings. The van der Waals surface area contributed by atoms with Crippen molar-refractivity contribution in [3.8, 4) is 0 Å². The van der Waals surface area contributed by atoms with Gasteiger partial charge < -0.3 is 0 Å². The molecule has 0 saturated carbocycles. The van der Waals surface area contributed by atoms with Crippen LogP contribution in [0.2, 0.25) is 0 Å². The van der Waals surface area contributed by atoms with Crippen LogP contribution in [0.15, 0.2) is 46.9 Å². The molecule has 0 aliphatic heterocycles. The van der Waals surface area contributed by atoms with Crippen LogP contribution in [0, 0.1) is 0 Å². The summed E-state index contributed by atoms with van der Waals surface area (Å²) in [6.45, 7) is 0. The fraction of sp³-hybridized carbons (Fsp3) is 0. The molecule has 0 bridgehead atoms. The van der Waals surface area contributed by atoms with E-state index >= 15 is 0 Å². The van der Waals surface area contributed by atoms with Gasteiger partial charge in [0.25, 0.3) is 0 Å². The van der Waals surface area contributed by atoms with Crippen LogP contribution in [0.4, 0.5) is 0 Å². The van der Waals surface area contributed by atoms with Gasteiger partial charge in [0.2, 0.25) is 0 Å². The van der Waals surface area contributed by atoms with E-state index in [0.29, 0.717) is 14.5 Å². The summed E-state index contributed by atoms with van der Waals surface area (Å²) in [7, 11) is 0. The molecule has 0 amide bonds. The molecule has 0 nitrogen and oxygen atoms in total. The summed E-state index contributed by atoms with van der Waals surface area (Å²) in [5.74, 6) is 0. The Morgan fingerprint density at radius 1 is 0.857 bits per heavy atom. The van der Waals surface area contributed by atoms with Crippen LogP contribution in [-0.4, -0.2) is 14.5 Å². The van der Waals surface area contributed by atoms with E-state index in [0.717, 1.165) is 0 Å². The van der Waals surface area contributed by atoms with Gasteiger partial charge in [-0.1, -0.05) is 0 Å². The first-order valence-corrected chi connectivity index (χ1v) is 6.92. The first-order valence-electron chi connectivity index (χ1n) is 4.42. The molecular weight excluding hydrogens is 303 g/mol. The minimum absolute atomic E-state index is 0.478. The summed E-state index contributed by atoms with van der Waals surface area (Å²) in [4.78, 5) is 0. The number of fused-ring (bicyclic) bond motifs is 3. The van der Waals surface area contributed by atoms with Crippen LogP contribution < -0.4 is 0 Å². The molecule has 3 aromatic rings. The summed E-state index contributed by atoms with van der Waals surface area (Å²) in [6.07, 6.45) is 0. The van der Waals surface area contributed by atoms with Crippen molar-refractivity contribution in [2.75, 3.05) is 0 Å². The Kier molecular flexibility index (Phi) is 2.01. The van der Waals surface area contributed by atoms with Gasteiger partial charge in [-0.2, -0.15) is 0 Å². The molecule has 3 rings (SSSR count). The van der Waals surface area contributed by atoms with Gasteiger partial charge in [-0.05, 0) is 0 Å². The van der Waals surface area contributed by atoms with E-state index in [1.165, 1.54) is 23.8 Å². The van der Waals surface area contributed by atoms with Crippen molar-refractivity contribution in [2.45, 2.75) is 0 Å². The summed E-state index contributed by atoms with van der Waals surface area (Å²) >= 11 is 4.10. The normalized spacial score (nSPS) is 11.2. The zero-order valence-electron chi connectivity index (χ0n) is 7.33. The summed E-state index contributed by atoms with van der Waals surface area (Å²) < 4.78 is 4.24. The molecule has 2 aromatic carbocycles. The van der Waals surface area contributed by atoms with Gasteiger partial charge in [0.1, 0.15) is 0 Å². The molecule has 0 spiro atoms. The van der Waals surface area contributed by atoms with Gasteiger partial charge in [0.05, 0.1) is 0 Å². The molecule has 68 valence electrons. The molecule has 0 aliphatic rings. The van der Waals surface area contributed by atoms with Crippen LogP contribution in [0.5, 0.6) is 0 Å². The number of benzene rings is 2. The third kappa shape index (κ3) is 1.18. The van der Waals surface area contributed by atoms with Crippen molar-refractivity contribution < 1.29 is 0 Å². The second-order valence-corrected chi connectivity index (χ2v) is 6.28. The van der Waals surface area contributed by atoms with Crippen molar-refractivity contribution in [2.24, 2.45) is 0 Å². The van der Waals surface area contributed by atoms with Crippen LogP contribution in [0.25, 0.3) is 19.3 Å². The maximum absolute atomic E-state index is 3.62. The predicted molar refractivity (Wildman–Crippen MR) is 66.1 cm³/mol. The molecule has 0 aliphatic carbocycles. The van der Waals surface area contributed by atoms with Crippen molar-refractivity contribution in [1.82, 2.24) is 0 Å². The van der Waals surface area contributed by atoms with Gasteiger partial charge in [-0.25, -0.2) is 0 Å². The Morgan fingerprint density at radius 3 is 2.57 bits per heavy atom. The van der Waals surface area contributed by atoms with Crippen LogP contribution in [0.3, 0.4) is 0 Å². The quantitative estimate of drug-likeness (QED) is 0.554. The third-order valence-electron chi connectivity index (χ3n) is 2.36. The van der Waals surface area contributed by atoms with Crippen LogP contribution >= 0.6 is 15.9 Å². The van der Waals surface area contributed by atoms with Crippen molar-refractivity contribution in [3.05, 3.63) is 46.9 Å². The van der Waals surface area contributed by atoms with Crippen molar-refractivity contribution in [1.29, 1.82) is 0 Å². The first kappa shape index (κ1) is 8.72. The maximum atomic E-state index is 3.62. The number of hydrogen-bond acceptors (Lipinski definition) is 0. The molecule has 0 unspecified atom stereocenters. The topological polar surface area (TPSA) is 0 Å². The monoisotopic (exact) mass is 310 g/mol. The zero-order valence-corrected chi connectivity index (χ0v) is 10.6. The van der Waals surface area contributed by atoms with E-state index in [9.17, 15) is 0 Å². The van der Waals surface area contributed by atoms with Gasteiger partial charge in [-0.3, -0.25) is 0 Å². The molecule has 2 heteroatoms. The van der Waals surface area contributed by atoms with Crippen LogP contribution in [-0.2, 0) is 0 Å². The molecule has 0 saturated heterocycles. The van der Waals surface area contributed by atoms with E-state index in [1.54, 1.807) is 0 Å². The molecule has 0 radical (unpaired) electrons. The Balaban J connectivity index is 2.63. The predicted octanol–water partition coefficient (Wildman–Crippen LogP) is 3.81. The summed E-state index contributed by atoms with van der Waals surface area (Å²) in [5.41, 5.74) is 0. The van der Waals surface area contributed by atoms with Crippen LogP contribution in [0.1, 0.15) is 0 Å². The number of hydrogen-bond donors (Lipinski definition) is 0. The standard InChI is InChI=1S/C12H7BrSe/c13-10-6-3-5-9-8-4-1-2-7-11(8)14-12(9)10/h1-7H. The van der Waals surface area contributed by atoms with E-state index in [-0.39, 0.29) is 0 Å². The van der Waals surface area contributed by atoms with Gasteiger partial charge >= 0.3 is 96.7 Å². The number of halogens is 1. The average Bonchev–Trinajstić information content (AvgIpc) is 2.59. The summed E-state index contributed by atoms with van der Waals surface area (Å²) in [6, 6.07) is 15.2. The fourth-order valence-electron chi connectivity index (χ4n) is 1.71. The molecule has 14 heavy (non-hydrogen) atoms. The molecule has 1 heterocycles. The van der Waals surface area contributed by atoms with Crippen molar-refractivity contribution in [3.63, 3.8) is 0 Å². The van der Waals surface area contributed by atoms with Gasteiger partial charge in [0, 0.05) is 0 Å². The Bertz CT molecular complexity index is 610. The van der Waals surface area contributed by atoms with E-state index in [2.05, 4.69) is 58.4 Å². The molecule has 0 N–H and O–H groups in total. The average molecular weight is 310 g/mol. The fourth-order valence-corrected chi connectivity index (χ4v) is 4.82.